The zero-order valence-electron chi connectivity index (χ0n) is 10.8. The van der Waals surface area contributed by atoms with Crippen LogP contribution in [0.25, 0.3) is 0 Å². The molecule has 1 aliphatic carbocycles. The van der Waals surface area contributed by atoms with Gasteiger partial charge in [-0.25, -0.2) is 0 Å². The maximum Gasteiger partial charge on any atom is 0.0257 e. The Labute approximate surface area is 104 Å². The highest BCUT2D eigenvalue weighted by molar-refractivity contribution is 4.85. The van der Waals surface area contributed by atoms with Crippen molar-refractivity contribution in [2.45, 2.75) is 64.0 Å². The highest BCUT2D eigenvalue weighted by atomic mass is 16.8. The van der Waals surface area contributed by atoms with Gasteiger partial charge in [0.1, 0.15) is 0 Å². The minimum atomic E-state index is -0.169. The molecule has 3 atom stereocenters. The second-order valence-corrected chi connectivity index (χ2v) is 5.75. The van der Waals surface area contributed by atoms with Gasteiger partial charge in [-0.15, -0.1) is 0 Å². The van der Waals surface area contributed by atoms with Gasteiger partial charge in [0.15, 0.2) is 0 Å². The standard InChI is InChI=1S/C13H25N2O2/c1-11-6-4-5-9-14(11)10-12-7-2-3-8-13(12)15(16)17/h11-13,16H,2-10H2,1H3/q-1. The summed E-state index contributed by atoms with van der Waals surface area (Å²) in [6, 6.07) is 0.475. The summed E-state index contributed by atoms with van der Waals surface area (Å²) in [7, 11) is 0. The van der Waals surface area contributed by atoms with Crippen molar-refractivity contribution in [3.05, 3.63) is 5.21 Å². The van der Waals surface area contributed by atoms with Crippen molar-refractivity contribution in [2.24, 2.45) is 5.92 Å². The predicted molar refractivity (Wildman–Crippen MR) is 67.6 cm³/mol. The lowest BCUT2D eigenvalue weighted by molar-refractivity contribution is -0.111. The minimum Gasteiger partial charge on any atom is -0.762 e. The maximum absolute atomic E-state index is 11.2. The largest absolute Gasteiger partial charge is 0.762 e. The van der Waals surface area contributed by atoms with Crippen LogP contribution in [0.3, 0.4) is 0 Å². The summed E-state index contributed by atoms with van der Waals surface area (Å²) in [6.07, 6.45) is 8.12. The third-order valence-corrected chi connectivity index (χ3v) is 4.56. The van der Waals surface area contributed by atoms with Gasteiger partial charge in [-0.2, -0.15) is 0 Å². The van der Waals surface area contributed by atoms with E-state index in [9.17, 15) is 10.4 Å². The van der Waals surface area contributed by atoms with E-state index < -0.39 is 0 Å². The third-order valence-electron chi connectivity index (χ3n) is 4.56. The van der Waals surface area contributed by atoms with Crippen molar-refractivity contribution in [2.75, 3.05) is 13.1 Å². The van der Waals surface area contributed by atoms with E-state index in [0.717, 1.165) is 32.4 Å². The summed E-state index contributed by atoms with van der Waals surface area (Å²) < 4.78 is 0. The second kappa shape index (κ2) is 6.14. The molecule has 4 heteroatoms. The van der Waals surface area contributed by atoms with Crippen molar-refractivity contribution in [1.29, 1.82) is 0 Å². The zero-order valence-corrected chi connectivity index (χ0v) is 10.8. The topological polar surface area (TPSA) is 49.8 Å². The fourth-order valence-electron chi connectivity index (χ4n) is 3.42. The Morgan fingerprint density at radius 1 is 1.18 bits per heavy atom. The summed E-state index contributed by atoms with van der Waals surface area (Å²) in [5, 5.41) is 20.6. The van der Waals surface area contributed by atoms with E-state index in [1.807, 2.05) is 0 Å². The molecule has 2 fully saturated rings. The molecular formula is C13H25N2O2-. The molecule has 1 N–H and O–H groups in total. The van der Waals surface area contributed by atoms with Crippen molar-refractivity contribution < 1.29 is 5.21 Å². The minimum absolute atomic E-state index is 0.169. The molecule has 0 aromatic carbocycles. The molecule has 1 saturated carbocycles. The molecule has 2 rings (SSSR count). The van der Waals surface area contributed by atoms with Crippen LogP contribution in [0.1, 0.15) is 51.9 Å². The molecule has 100 valence electrons. The van der Waals surface area contributed by atoms with Gasteiger partial charge in [-0.05, 0) is 45.1 Å². The summed E-state index contributed by atoms with van der Waals surface area (Å²) in [6.45, 7) is 4.44. The predicted octanol–water partition coefficient (Wildman–Crippen LogP) is 2.61. The Bertz CT molecular complexity index is 235. The average molecular weight is 241 g/mol. The molecule has 1 saturated heterocycles. The first-order chi connectivity index (χ1) is 8.18. The molecule has 0 aromatic heterocycles. The van der Waals surface area contributed by atoms with Crippen LogP contribution in [-0.4, -0.2) is 40.5 Å². The molecule has 0 aromatic rings. The van der Waals surface area contributed by atoms with Gasteiger partial charge < -0.3 is 15.3 Å². The normalized spacial score (nSPS) is 36.4. The van der Waals surface area contributed by atoms with Crippen molar-refractivity contribution >= 4 is 0 Å². The highest BCUT2D eigenvalue weighted by Crippen LogP contribution is 2.30. The molecule has 0 bridgehead atoms. The molecule has 4 nitrogen and oxygen atoms in total. The van der Waals surface area contributed by atoms with Crippen LogP contribution in [0.5, 0.6) is 0 Å². The lowest BCUT2D eigenvalue weighted by atomic mass is 9.83. The fourth-order valence-corrected chi connectivity index (χ4v) is 3.42. The first-order valence-electron chi connectivity index (χ1n) is 7.08. The highest BCUT2D eigenvalue weighted by Gasteiger charge is 2.29. The van der Waals surface area contributed by atoms with Gasteiger partial charge in [-0.3, -0.25) is 5.23 Å². The number of likely N-dealkylation sites (tertiary alicyclic amines) is 1. The Morgan fingerprint density at radius 2 is 1.88 bits per heavy atom. The fraction of sp³-hybridized carbons (Fsp3) is 1.00. The molecule has 2 aliphatic rings. The summed E-state index contributed by atoms with van der Waals surface area (Å²) >= 11 is 0. The van der Waals surface area contributed by atoms with Crippen LogP contribution >= 0.6 is 0 Å². The van der Waals surface area contributed by atoms with Gasteiger partial charge in [-0.1, -0.05) is 19.3 Å². The molecule has 0 spiro atoms. The molecular weight excluding hydrogens is 216 g/mol. The Kier molecular flexibility index (Phi) is 4.79. The summed E-state index contributed by atoms with van der Waals surface area (Å²) in [5.74, 6) is 0.354. The maximum atomic E-state index is 11.2. The van der Waals surface area contributed by atoms with Crippen molar-refractivity contribution in [3.8, 4) is 0 Å². The third kappa shape index (κ3) is 3.41. The second-order valence-electron chi connectivity index (χ2n) is 5.75. The van der Waals surface area contributed by atoms with E-state index in [1.54, 1.807) is 0 Å². The number of hydrogen-bond donors (Lipinski definition) is 1. The quantitative estimate of drug-likeness (QED) is 0.772. The first kappa shape index (κ1) is 13.3. The SMILES string of the molecule is CC1CCCCN1CC1CCCCC1N([O-])O. The lowest BCUT2D eigenvalue weighted by Crippen LogP contribution is -2.47. The Hall–Kier alpha value is -0.160. The molecule has 3 unspecified atom stereocenters. The van der Waals surface area contributed by atoms with Crippen molar-refractivity contribution in [1.82, 2.24) is 10.1 Å². The van der Waals surface area contributed by atoms with E-state index in [1.165, 1.54) is 25.7 Å². The van der Waals surface area contributed by atoms with E-state index >= 15 is 0 Å². The Balaban J connectivity index is 1.90. The van der Waals surface area contributed by atoms with E-state index in [2.05, 4.69) is 11.8 Å². The number of hydroxylamine groups is 2. The Morgan fingerprint density at radius 3 is 2.59 bits per heavy atom. The first-order valence-corrected chi connectivity index (χ1v) is 7.08. The number of nitrogens with zero attached hydrogens (tertiary/aromatic N) is 2. The monoisotopic (exact) mass is 241 g/mol. The average Bonchev–Trinajstić information content (AvgIpc) is 2.32. The van der Waals surface area contributed by atoms with Crippen LogP contribution in [0.2, 0.25) is 0 Å². The molecule has 0 amide bonds. The van der Waals surface area contributed by atoms with Gasteiger partial charge in [0, 0.05) is 18.6 Å². The van der Waals surface area contributed by atoms with E-state index in [0.29, 0.717) is 12.0 Å². The van der Waals surface area contributed by atoms with Crippen LogP contribution in [0.4, 0.5) is 0 Å². The van der Waals surface area contributed by atoms with Crippen LogP contribution in [0.15, 0.2) is 0 Å². The summed E-state index contributed by atoms with van der Waals surface area (Å²) in [5.41, 5.74) is 0. The molecule has 17 heavy (non-hydrogen) atoms. The van der Waals surface area contributed by atoms with E-state index in [4.69, 9.17) is 0 Å². The number of hydrogen-bond acceptors (Lipinski definition) is 4. The molecule has 1 heterocycles. The van der Waals surface area contributed by atoms with Crippen LogP contribution < -0.4 is 0 Å². The van der Waals surface area contributed by atoms with E-state index in [-0.39, 0.29) is 11.3 Å². The summed E-state index contributed by atoms with van der Waals surface area (Å²) in [4.78, 5) is 2.51. The number of rotatable bonds is 3. The zero-order chi connectivity index (χ0) is 12.3. The van der Waals surface area contributed by atoms with Gasteiger partial charge in [0.25, 0.3) is 0 Å². The molecule has 0 radical (unpaired) electrons. The lowest BCUT2D eigenvalue weighted by Gasteiger charge is -2.44. The van der Waals surface area contributed by atoms with Gasteiger partial charge >= 0.3 is 0 Å². The van der Waals surface area contributed by atoms with Crippen molar-refractivity contribution in [3.63, 3.8) is 0 Å². The smallest absolute Gasteiger partial charge is 0.0257 e. The van der Waals surface area contributed by atoms with Crippen LogP contribution in [-0.2, 0) is 0 Å². The van der Waals surface area contributed by atoms with Gasteiger partial charge in [0.05, 0.1) is 0 Å². The molecule has 1 aliphatic heterocycles. The van der Waals surface area contributed by atoms with Gasteiger partial charge in [0.2, 0.25) is 0 Å². The number of piperidine rings is 1. The van der Waals surface area contributed by atoms with Crippen LogP contribution in [0, 0.1) is 11.1 Å².